The highest BCUT2D eigenvalue weighted by Gasteiger charge is 2.21. The zero-order chi connectivity index (χ0) is 15.3. The fraction of sp³-hybridized carbons (Fsp3) is 0.364. The number of sulfonamides is 1. The van der Waals surface area contributed by atoms with Gasteiger partial charge in [0.1, 0.15) is 4.90 Å². The predicted octanol–water partition coefficient (Wildman–Crippen LogP) is 0.866. The Morgan fingerprint density at radius 2 is 2.10 bits per heavy atom. The van der Waals surface area contributed by atoms with E-state index in [0.717, 1.165) is 12.1 Å². The van der Waals surface area contributed by atoms with Gasteiger partial charge in [-0.05, 0) is 19.1 Å². The number of carbonyl (C=O) groups excluding carboxylic acids is 1. The largest absolute Gasteiger partial charge is 0.396 e. The molecule has 0 atom stereocenters. The van der Waals surface area contributed by atoms with Crippen LogP contribution in [0.4, 0.5) is 10.1 Å². The van der Waals surface area contributed by atoms with Crippen LogP contribution in [0.3, 0.4) is 0 Å². The molecule has 0 bridgehead atoms. The third-order valence-corrected chi connectivity index (χ3v) is 4.02. The maximum Gasteiger partial charge on any atom is 0.243 e. The number of nitrogens with two attached hydrogens (primary N) is 1. The first kappa shape index (κ1) is 16.7. The van der Waals surface area contributed by atoms with E-state index in [1.165, 1.54) is 0 Å². The summed E-state index contributed by atoms with van der Waals surface area (Å²) in [5.74, 6) is -1.37. The number of benzene rings is 1. The lowest BCUT2D eigenvalue weighted by atomic mass is 10.3. The second-order valence-electron chi connectivity index (χ2n) is 3.91. The van der Waals surface area contributed by atoms with Gasteiger partial charge >= 0.3 is 0 Å². The number of nitrogen functional groups attached to an aromatic ring is 1. The van der Waals surface area contributed by atoms with E-state index < -0.39 is 20.7 Å². The van der Waals surface area contributed by atoms with E-state index >= 15 is 0 Å². The summed E-state index contributed by atoms with van der Waals surface area (Å²) in [6.07, 6.45) is -0.0509. The Morgan fingerprint density at radius 3 is 2.70 bits per heavy atom. The van der Waals surface area contributed by atoms with Crippen LogP contribution in [0.15, 0.2) is 17.0 Å². The van der Waals surface area contributed by atoms with E-state index in [1.807, 2.05) is 0 Å². The molecule has 1 aromatic rings. The minimum Gasteiger partial charge on any atom is -0.396 e. The monoisotopic (exact) mass is 323 g/mol. The van der Waals surface area contributed by atoms with E-state index in [9.17, 15) is 17.6 Å². The lowest BCUT2D eigenvalue weighted by molar-refractivity contribution is -0.120. The van der Waals surface area contributed by atoms with Crippen LogP contribution in [0.1, 0.15) is 13.3 Å². The quantitative estimate of drug-likeness (QED) is 0.676. The van der Waals surface area contributed by atoms with E-state index in [0.29, 0.717) is 6.54 Å². The maximum atomic E-state index is 13.7. The molecule has 0 radical (unpaired) electrons. The lowest BCUT2D eigenvalue weighted by Crippen LogP contribution is -2.31. The predicted molar refractivity (Wildman–Crippen MR) is 74.3 cm³/mol. The Kier molecular flexibility index (Phi) is 5.73. The van der Waals surface area contributed by atoms with Gasteiger partial charge < -0.3 is 11.1 Å². The molecular weight excluding hydrogens is 309 g/mol. The molecule has 6 nitrogen and oxygen atoms in total. The first-order valence-electron chi connectivity index (χ1n) is 5.78. The van der Waals surface area contributed by atoms with Crippen LogP contribution >= 0.6 is 11.6 Å². The van der Waals surface area contributed by atoms with Gasteiger partial charge in [-0.25, -0.2) is 17.5 Å². The summed E-state index contributed by atoms with van der Waals surface area (Å²) < 4.78 is 39.6. The van der Waals surface area contributed by atoms with E-state index in [-0.39, 0.29) is 29.6 Å². The number of hydrogen-bond donors (Lipinski definition) is 3. The SMILES string of the molecule is CCNC(=O)CCNS(=O)(=O)c1cc(Cl)cc(N)c1F. The number of anilines is 1. The van der Waals surface area contributed by atoms with E-state index in [4.69, 9.17) is 17.3 Å². The Bertz CT molecular complexity index is 607. The third-order valence-electron chi connectivity index (χ3n) is 2.34. The van der Waals surface area contributed by atoms with Crippen LogP contribution in [-0.2, 0) is 14.8 Å². The van der Waals surface area contributed by atoms with Gasteiger partial charge in [-0.1, -0.05) is 11.6 Å². The van der Waals surface area contributed by atoms with Gasteiger partial charge in [-0.15, -0.1) is 0 Å². The third kappa shape index (κ3) is 4.32. The lowest BCUT2D eigenvalue weighted by Gasteiger charge is -2.09. The van der Waals surface area contributed by atoms with Gasteiger partial charge in [0, 0.05) is 24.5 Å². The standard InChI is InChI=1S/C11H15ClFN3O3S/c1-2-15-10(17)3-4-16-20(18,19)9-6-7(12)5-8(14)11(9)13/h5-6,16H,2-4,14H2,1H3,(H,15,17). The first-order valence-corrected chi connectivity index (χ1v) is 7.65. The fourth-order valence-corrected chi connectivity index (χ4v) is 2.90. The molecule has 0 heterocycles. The fourth-order valence-electron chi connectivity index (χ4n) is 1.44. The number of halogens is 2. The molecule has 0 saturated heterocycles. The molecule has 4 N–H and O–H groups in total. The molecule has 0 saturated carbocycles. The Hall–Kier alpha value is -1.38. The summed E-state index contributed by atoms with van der Waals surface area (Å²) in [4.78, 5) is 10.5. The minimum atomic E-state index is -4.12. The molecule has 0 spiro atoms. The van der Waals surface area contributed by atoms with Crippen molar-refractivity contribution in [1.29, 1.82) is 0 Å². The van der Waals surface area contributed by atoms with Crippen molar-refractivity contribution in [3.63, 3.8) is 0 Å². The average Bonchev–Trinajstić information content (AvgIpc) is 2.33. The highest BCUT2D eigenvalue weighted by Crippen LogP contribution is 2.24. The van der Waals surface area contributed by atoms with Gasteiger partial charge in [0.25, 0.3) is 0 Å². The second kappa shape index (κ2) is 6.87. The van der Waals surface area contributed by atoms with Crippen molar-refractivity contribution in [2.75, 3.05) is 18.8 Å². The average molecular weight is 324 g/mol. The summed E-state index contributed by atoms with van der Waals surface area (Å²) in [7, 11) is -4.12. The van der Waals surface area contributed by atoms with Gasteiger partial charge in [-0.3, -0.25) is 4.79 Å². The number of nitrogens with one attached hydrogen (secondary N) is 2. The summed E-state index contributed by atoms with van der Waals surface area (Å²) in [5, 5.41) is 2.52. The van der Waals surface area contributed by atoms with E-state index in [1.54, 1.807) is 6.92 Å². The van der Waals surface area contributed by atoms with Crippen LogP contribution in [0, 0.1) is 5.82 Å². The number of rotatable bonds is 6. The van der Waals surface area contributed by atoms with Gasteiger partial charge in [0.15, 0.2) is 5.82 Å². The van der Waals surface area contributed by atoms with Crippen molar-refractivity contribution >= 4 is 33.2 Å². The smallest absolute Gasteiger partial charge is 0.243 e. The van der Waals surface area contributed by atoms with Crippen LogP contribution < -0.4 is 15.8 Å². The molecule has 1 amide bonds. The molecular formula is C11H15ClFN3O3S. The molecule has 9 heteroatoms. The van der Waals surface area contributed by atoms with Gasteiger partial charge in [0.05, 0.1) is 5.69 Å². The molecule has 0 aliphatic carbocycles. The van der Waals surface area contributed by atoms with Crippen molar-refractivity contribution in [3.8, 4) is 0 Å². The molecule has 1 rings (SSSR count). The molecule has 112 valence electrons. The second-order valence-corrected chi connectivity index (χ2v) is 6.08. The van der Waals surface area contributed by atoms with Crippen molar-refractivity contribution in [3.05, 3.63) is 23.0 Å². The molecule has 20 heavy (non-hydrogen) atoms. The van der Waals surface area contributed by atoms with Crippen LogP contribution in [0.25, 0.3) is 0 Å². The summed E-state index contributed by atoms with van der Waals surface area (Å²) >= 11 is 5.65. The summed E-state index contributed by atoms with van der Waals surface area (Å²) in [6.45, 7) is 2.04. The molecule has 0 aromatic heterocycles. The van der Waals surface area contributed by atoms with Crippen LogP contribution in [0.2, 0.25) is 5.02 Å². The van der Waals surface area contributed by atoms with Crippen molar-refractivity contribution in [2.45, 2.75) is 18.2 Å². The maximum absolute atomic E-state index is 13.7. The topological polar surface area (TPSA) is 101 Å². The minimum absolute atomic E-state index is 0.00741. The number of carbonyl (C=O) groups is 1. The Labute approximate surface area is 121 Å². The highest BCUT2D eigenvalue weighted by atomic mass is 35.5. The Morgan fingerprint density at radius 1 is 1.45 bits per heavy atom. The molecule has 0 aliphatic heterocycles. The normalized spacial score (nSPS) is 11.3. The van der Waals surface area contributed by atoms with Crippen molar-refractivity contribution in [1.82, 2.24) is 10.0 Å². The first-order chi connectivity index (χ1) is 9.27. The number of amides is 1. The van der Waals surface area contributed by atoms with Crippen molar-refractivity contribution < 1.29 is 17.6 Å². The van der Waals surface area contributed by atoms with Crippen LogP contribution in [0.5, 0.6) is 0 Å². The summed E-state index contributed by atoms with van der Waals surface area (Å²) in [6, 6.07) is 2.08. The van der Waals surface area contributed by atoms with E-state index in [2.05, 4.69) is 10.0 Å². The van der Waals surface area contributed by atoms with Crippen molar-refractivity contribution in [2.24, 2.45) is 0 Å². The zero-order valence-corrected chi connectivity index (χ0v) is 12.3. The van der Waals surface area contributed by atoms with Gasteiger partial charge in [-0.2, -0.15) is 0 Å². The molecule has 1 aromatic carbocycles. The molecule has 0 fully saturated rings. The highest BCUT2D eigenvalue weighted by molar-refractivity contribution is 7.89. The van der Waals surface area contributed by atoms with Gasteiger partial charge in [0.2, 0.25) is 15.9 Å². The van der Waals surface area contributed by atoms with Crippen LogP contribution in [-0.4, -0.2) is 27.4 Å². The summed E-state index contributed by atoms with van der Waals surface area (Å²) in [5.41, 5.74) is 4.96. The molecule has 0 aliphatic rings. The molecule has 0 unspecified atom stereocenters. The zero-order valence-electron chi connectivity index (χ0n) is 10.7. The Balaban J connectivity index is 2.82. The number of hydrogen-bond acceptors (Lipinski definition) is 4.